The zero-order valence-corrected chi connectivity index (χ0v) is 14.8. The number of halogens is 1. The van der Waals surface area contributed by atoms with Gasteiger partial charge in [0.2, 0.25) is 0 Å². The van der Waals surface area contributed by atoms with Crippen molar-refractivity contribution in [2.24, 2.45) is 0 Å². The molecule has 1 aromatic carbocycles. The third kappa shape index (κ3) is 3.22. The van der Waals surface area contributed by atoms with Gasteiger partial charge in [-0.3, -0.25) is 4.79 Å². The van der Waals surface area contributed by atoms with Crippen molar-refractivity contribution in [1.29, 1.82) is 0 Å². The number of carbonyl (C=O) groups excluding carboxylic acids is 1. The summed E-state index contributed by atoms with van der Waals surface area (Å²) in [6.45, 7) is 0. The molecule has 3 heterocycles. The van der Waals surface area contributed by atoms with Gasteiger partial charge < -0.3 is 5.32 Å². The van der Waals surface area contributed by atoms with E-state index in [0.29, 0.717) is 17.1 Å². The summed E-state index contributed by atoms with van der Waals surface area (Å²) in [6, 6.07) is 10.4. The Morgan fingerprint density at radius 2 is 1.96 bits per heavy atom. The molecule has 4 rings (SSSR count). The van der Waals surface area contributed by atoms with Gasteiger partial charge in [0.05, 0.1) is 22.0 Å². The van der Waals surface area contributed by atoms with Gasteiger partial charge in [0, 0.05) is 18.0 Å². The van der Waals surface area contributed by atoms with E-state index >= 15 is 0 Å². The van der Waals surface area contributed by atoms with Crippen LogP contribution in [0.4, 0.5) is 5.69 Å². The second-order valence-corrected chi connectivity index (χ2v) is 6.15. The molecule has 3 aromatic heterocycles. The molecule has 9 nitrogen and oxygen atoms in total. The number of nitrogens with zero attached hydrogens (tertiary/aromatic N) is 7. The summed E-state index contributed by atoms with van der Waals surface area (Å²) in [5.41, 5.74) is 1.81. The molecule has 0 radical (unpaired) electrons. The molecular formula is C16H11BrN8O. The van der Waals surface area contributed by atoms with E-state index in [0.717, 1.165) is 10.2 Å². The maximum absolute atomic E-state index is 12.6. The minimum absolute atomic E-state index is 0.256. The quantitative estimate of drug-likeness (QED) is 0.553. The molecule has 0 atom stereocenters. The monoisotopic (exact) mass is 410 g/mol. The lowest BCUT2D eigenvalue weighted by Crippen LogP contribution is -2.14. The van der Waals surface area contributed by atoms with Gasteiger partial charge in [-0.2, -0.15) is 5.10 Å². The van der Waals surface area contributed by atoms with Crippen molar-refractivity contribution in [2.45, 2.75) is 0 Å². The first-order valence-corrected chi connectivity index (χ1v) is 8.30. The van der Waals surface area contributed by atoms with E-state index in [1.807, 2.05) is 0 Å². The molecular weight excluding hydrogens is 400 g/mol. The molecule has 10 heteroatoms. The van der Waals surface area contributed by atoms with Crippen LogP contribution in [0.1, 0.15) is 10.4 Å². The third-order valence-electron chi connectivity index (χ3n) is 3.55. The Morgan fingerprint density at radius 3 is 2.65 bits per heavy atom. The normalized spacial score (nSPS) is 10.7. The molecule has 0 saturated heterocycles. The van der Waals surface area contributed by atoms with E-state index in [2.05, 4.69) is 46.9 Å². The molecule has 4 aromatic rings. The smallest absolute Gasteiger partial charge is 0.255 e. The second-order valence-electron chi connectivity index (χ2n) is 5.23. The average Bonchev–Trinajstić information content (AvgIpc) is 3.34. The van der Waals surface area contributed by atoms with Gasteiger partial charge in [-0.05, 0) is 62.8 Å². The average molecular weight is 411 g/mol. The zero-order valence-electron chi connectivity index (χ0n) is 13.2. The summed E-state index contributed by atoms with van der Waals surface area (Å²) < 4.78 is 3.91. The fourth-order valence-electron chi connectivity index (χ4n) is 2.33. The minimum atomic E-state index is -0.256. The number of rotatable bonds is 4. The van der Waals surface area contributed by atoms with Crippen LogP contribution in [0.2, 0.25) is 0 Å². The van der Waals surface area contributed by atoms with E-state index < -0.39 is 0 Å². The highest BCUT2D eigenvalue weighted by Gasteiger charge is 2.12. The van der Waals surface area contributed by atoms with Crippen LogP contribution in [-0.2, 0) is 0 Å². The van der Waals surface area contributed by atoms with Crippen molar-refractivity contribution < 1.29 is 4.79 Å². The van der Waals surface area contributed by atoms with Gasteiger partial charge in [0.15, 0.2) is 5.82 Å². The molecule has 0 saturated carbocycles. The molecule has 0 fully saturated rings. The SMILES string of the molecule is O=C(Nc1cccnc1-n1cc(Br)cn1)c1ccc(-n2cnnn2)cc1. The standard InChI is InChI=1S/C16H11BrN8O/c17-12-8-20-24(9-12)15-14(2-1-7-18-15)21-16(26)11-3-5-13(6-4-11)25-10-19-22-23-25/h1-10H,(H,21,26). The van der Waals surface area contributed by atoms with E-state index in [1.54, 1.807) is 59.7 Å². The lowest BCUT2D eigenvalue weighted by molar-refractivity contribution is 0.102. The van der Waals surface area contributed by atoms with Gasteiger partial charge in [-0.15, -0.1) is 5.10 Å². The summed E-state index contributed by atoms with van der Waals surface area (Å²) in [4.78, 5) is 16.9. The maximum Gasteiger partial charge on any atom is 0.255 e. The van der Waals surface area contributed by atoms with E-state index in [1.165, 1.54) is 11.0 Å². The van der Waals surface area contributed by atoms with Gasteiger partial charge in [0.1, 0.15) is 6.33 Å². The summed E-state index contributed by atoms with van der Waals surface area (Å²) in [5.74, 6) is 0.269. The van der Waals surface area contributed by atoms with Crippen molar-refractivity contribution >= 4 is 27.5 Å². The number of aromatic nitrogens is 7. The van der Waals surface area contributed by atoms with Crippen molar-refractivity contribution in [3.8, 4) is 11.5 Å². The predicted molar refractivity (Wildman–Crippen MR) is 96.2 cm³/mol. The number of pyridine rings is 1. The van der Waals surface area contributed by atoms with Crippen LogP contribution in [0.5, 0.6) is 0 Å². The Hall–Kier alpha value is -3.40. The first kappa shape index (κ1) is 16.1. The minimum Gasteiger partial charge on any atom is -0.319 e. The van der Waals surface area contributed by atoms with Crippen molar-refractivity contribution in [1.82, 2.24) is 35.0 Å². The van der Waals surface area contributed by atoms with Gasteiger partial charge in [-0.1, -0.05) is 0 Å². The van der Waals surface area contributed by atoms with E-state index in [-0.39, 0.29) is 5.91 Å². The third-order valence-corrected chi connectivity index (χ3v) is 3.96. The predicted octanol–water partition coefficient (Wildman–Crippen LogP) is 2.26. The molecule has 0 unspecified atom stereocenters. The lowest BCUT2D eigenvalue weighted by Gasteiger charge is -2.10. The van der Waals surface area contributed by atoms with E-state index in [9.17, 15) is 4.79 Å². The summed E-state index contributed by atoms with van der Waals surface area (Å²) >= 11 is 3.35. The molecule has 0 aliphatic rings. The summed E-state index contributed by atoms with van der Waals surface area (Å²) in [5, 5.41) is 18.0. The second kappa shape index (κ2) is 6.84. The largest absolute Gasteiger partial charge is 0.319 e. The van der Waals surface area contributed by atoms with Crippen LogP contribution >= 0.6 is 15.9 Å². The van der Waals surface area contributed by atoms with Gasteiger partial charge >= 0.3 is 0 Å². The number of tetrazole rings is 1. The molecule has 0 bridgehead atoms. The highest BCUT2D eigenvalue weighted by atomic mass is 79.9. The molecule has 0 spiro atoms. The van der Waals surface area contributed by atoms with Crippen LogP contribution in [0, 0.1) is 0 Å². The lowest BCUT2D eigenvalue weighted by atomic mass is 10.2. The van der Waals surface area contributed by atoms with Gasteiger partial charge in [0.25, 0.3) is 5.91 Å². The van der Waals surface area contributed by atoms with Crippen LogP contribution < -0.4 is 5.32 Å². The molecule has 1 N–H and O–H groups in total. The number of hydrogen-bond acceptors (Lipinski definition) is 6. The van der Waals surface area contributed by atoms with Gasteiger partial charge in [-0.25, -0.2) is 14.3 Å². The number of amides is 1. The molecule has 0 aliphatic carbocycles. The van der Waals surface area contributed by atoms with Crippen molar-refractivity contribution in [3.63, 3.8) is 0 Å². The molecule has 128 valence electrons. The fraction of sp³-hybridized carbons (Fsp3) is 0. The summed E-state index contributed by atoms with van der Waals surface area (Å²) in [6.07, 6.45) is 6.54. The number of anilines is 1. The number of hydrogen-bond donors (Lipinski definition) is 1. The number of nitrogens with one attached hydrogen (secondary N) is 1. The van der Waals surface area contributed by atoms with Crippen LogP contribution in [0.3, 0.4) is 0 Å². The Balaban J connectivity index is 1.57. The topological polar surface area (TPSA) is 103 Å². The Bertz CT molecular complexity index is 1040. The van der Waals surface area contributed by atoms with E-state index in [4.69, 9.17) is 0 Å². The molecule has 1 amide bonds. The van der Waals surface area contributed by atoms with Crippen LogP contribution in [0.25, 0.3) is 11.5 Å². The molecule has 0 aliphatic heterocycles. The first-order chi connectivity index (χ1) is 12.7. The highest BCUT2D eigenvalue weighted by molar-refractivity contribution is 9.10. The Morgan fingerprint density at radius 1 is 1.12 bits per heavy atom. The van der Waals surface area contributed by atoms with Crippen LogP contribution in [0.15, 0.2) is 65.8 Å². The fourth-order valence-corrected chi connectivity index (χ4v) is 2.62. The molecule has 26 heavy (non-hydrogen) atoms. The van der Waals surface area contributed by atoms with Crippen LogP contribution in [-0.4, -0.2) is 40.9 Å². The van der Waals surface area contributed by atoms with Crippen molar-refractivity contribution in [2.75, 3.05) is 5.32 Å². The maximum atomic E-state index is 12.6. The van der Waals surface area contributed by atoms with Crippen molar-refractivity contribution in [3.05, 3.63) is 71.4 Å². The summed E-state index contributed by atoms with van der Waals surface area (Å²) in [7, 11) is 0. The first-order valence-electron chi connectivity index (χ1n) is 7.51. The highest BCUT2D eigenvalue weighted by Crippen LogP contribution is 2.20. The number of carbonyl (C=O) groups is 1. The zero-order chi connectivity index (χ0) is 17.9. The Kier molecular flexibility index (Phi) is 4.23. The Labute approximate surface area is 155 Å². The number of benzene rings is 1.